The van der Waals surface area contributed by atoms with Gasteiger partial charge in [-0.3, -0.25) is 4.79 Å². The molecule has 0 saturated carbocycles. The fourth-order valence-electron chi connectivity index (χ4n) is 1.68. The summed E-state index contributed by atoms with van der Waals surface area (Å²) < 4.78 is 4.88. The molecule has 0 unspecified atom stereocenters. The molecule has 19 heavy (non-hydrogen) atoms. The van der Waals surface area contributed by atoms with Crippen LogP contribution in [0.5, 0.6) is 0 Å². The van der Waals surface area contributed by atoms with Gasteiger partial charge in [-0.25, -0.2) is 0 Å². The Morgan fingerprint density at radius 3 is 2.47 bits per heavy atom. The molecule has 0 aromatic rings. The largest absolute Gasteiger partial charge is 0.466 e. The van der Waals surface area contributed by atoms with Crippen molar-refractivity contribution in [2.45, 2.75) is 71.6 Å². The first-order valence-corrected chi connectivity index (χ1v) is 7.54. The monoisotopic (exact) mass is 264 g/mol. The number of hydrogen-bond acceptors (Lipinski definition) is 2. The Morgan fingerprint density at radius 2 is 1.79 bits per heavy atom. The van der Waals surface area contributed by atoms with Crippen LogP contribution in [0.4, 0.5) is 0 Å². The zero-order valence-electron chi connectivity index (χ0n) is 12.5. The van der Waals surface area contributed by atoms with Crippen molar-refractivity contribution in [2.24, 2.45) is 0 Å². The van der Waals surface area contributed by atoms with E-state index in [4.69, 9.17) is 4.74 Å². The van der Waals surface area contributed by atoms with Crippen molar-refractivity contribution in [3.8, 4) is 11.8 Å². The van der Waals surface area contributed by atoms with Gasteiger partial charge >= 0.3 is 5.97 Å². The molecule has 0 saturated heterocycles. The Balaban J connectivity index is 3.16. The number of allylic oxidation sites excluding steroid dienone is 2. The van der Waals surface area contributed by atoms with Gasteiger partial charge in [-0.15, -0.1) is 0 Å². The molecule has 0 aliphatic heterocycles. The van der Waals surface area contributed by atoms with Gasteiger partial charge in [0.15, 0.2) is 0 Å². The number of carbonyl (C=O) groups is 1. The van der Waals surface area contributed by atoms with Gasteiger partial charge in [-0.2, -0.15) is 0 Å². The highest BCUT2D eigenvalue weighted by Crippen LogP contribution is 2.06. The van der Waals surface area contributed by atoms with Crippen molar-refractivity contribution in [3.05, 3.63) is 12.2 Å². The Morgan fingerprint density at radius 1 is 1.11 bits per heavy atom. The van der Waals surface area contributed by atoms with Crippen molar-refractivity contribution in [1.82, 2.24) is 0 Å². The van der Waals surface area contributed by atoms with E-state index < -0.39 is 0 Å². The molecule has 0 aromatic heterocycles. The lowest BCUT2D eigenvalue weighted by Crippen LogP contribution is -1.99. The van der Waals surface area contributed by atoms with Crippen LogP contribution in [0.1, 0.15) is 71.6 Å². The molecule has 0 bridgehead atoms. The topological polar surface area (TPSA) is 26.3 Å². The van der Waals surface area contributed by atoms with Crippen LogP contribution in [0.25, 0.3) is 0 Å². The van der Waals surface area contributed by atoms with Crippen molar-refractivity contribution in [2.75, 3.05) is 6.61 Å². The molecule has 0 N–H and O–H groups in total. The van der Waals surface area contributed by atoms with E-state index in [0.29, 0.717) is 6.61 Å². The summed E-state index contributed by atoms with van der Waals surface area (Å²) >= 11 is 0. The SMILES string of the molecule is CCC/C=C\C#CCCCCCCCCOC(C)=O. The minimum atomic E-state index is -0.174. The molecule has 0 fully saturated rings. The summed E-state index contributed by atoms with van der Waals surface area (Å²) in [6.07, 6.45) is 14.5. The van der Waals surface area contributed by atoms with Crippen molar-refractivity contribution >= 4 is 5.97 Å². The Kier molecular flexibility index (Phi) is 13.9. The summed E-state index contributed by atoms with van der Waals surface area (Å²) in [6.45, 7) is 4.20. The van der Waals surface area contributed by atoms with Gasteiger partial charge < -0.3 is 4.74 Å². The van der Waals surface area contributed by atoms with Gasteiger partial charge in [-0.05, 0) is 25.3 Å². The Bertz CT molecular complexity index is 294. The van der Waals surface area contributed by atoms with E-state index in [-0.39, 0.29) is 5.97 Å². The van der Waals surface area contributed by atoms with E-state index >= 15 is 0 Å². The number of carbonyl (C=O) groups excluding carboxylic acids is 1. The third-order valence-electron chi connectivity index (χ3n) is 2.76. The third-order valence-corrected chi connectivity index (χ3v) is 2.76. The molecule has 2 heteroatoms. The normalized spacial score (nSPS) is 10.2. The number of esters is 1. The molecular weight excluding hydrogens is 236 g/mol. The number of unbranched alkanes of at least 4 members (excludes halogenated alkanes) is 7. The molecule has 0 aliphatic rings. The summed E-state index contributed by atoms with van der Waals surface area (Å²) in [4.78, 5) is 10.5. The van der Waals surface area contributed by atoms with E-state index in [1.54, 1.807) is 0 Å². The minimum absolute atomic E-state index is 0.174. The van der Waals surface area contributed by atoms with Crippen LogP contribution in [-0.4, -0.2) is 12.6 Å². The van der Waals surface area contributed by atoms with Crippen molar-refractivity contribution in [3.63, 3.8) is 0 Å². The van der Waals surface area contributed by atoms with Crippen molar-refractivity contribution in [1.29, 1.82) is 0 Å². The van der Waals surface area contributed by atoms with Crippen LogP contribution in [0, 0.1) is 11.8 Å². The molecule has 0 aromatic carbocycles. The van der Waals surface area contributed by atoms with Gasteiger partial charge in [-0.1, -0.05) is 56.9 Å². The Hall–Kier alpha value is -1.23. The molecular formula is C17H28O2. The molecule has 108 valence electrons. The molecule has 2 nitrogen and oxygen atoms in total. The predicted molar refractivity (Wildman–Crippen MR) is 80.8 cm³/mol. The summed E-state index contributed by atoms with van der Waals surface area (Å²) in [6, 6.07) is 0. The summed E-state index contributed by atoms with van der Waals surface area (Å²) in [5.41, 5.74) is 0. The first-order valence-electron chi connectivity index (χ1n) is 7.54. The first-order chi connectivity index (χ1) is 9.27. The number of rotatable bonds is 10. The van der Waals surface area contributed by atoms with Crippen molar-refractivity contribution < 1.29 is 9.53 Å². The quantitative estimate of drug-likeness (QED) is 0.326. The van der Waals surface area contributed by atoms with Gasteiger partial charge in [0, 0.05) is 13.3 Å². The van der Waals surface area contributed by atoms with Crippen LogP contribution in [0.2, 0.25) is 0 Å². The molecule has 0 heterocycles. The van der Waals surface area contributed by atoms with E-state index in [2.05, 4.69) is 24.8 Å². The summed E-state index contributed by atoms with van der Waals surface area (Å²) in [5.74, 6) is 6.07. The fraction of sp³-hybridized carbons (Fsp3) is 0.706. The zero-order chi connectivity index (χ0) is 14.2. The molecule has 0 spiro atoms. The summed E-state index contributed by atoms with van der Waals surface area (Å²) in [5, 5.41) is 0. The van der Waals surface area contributed by atoms with Crippen LogP contribution in [0.3, 0.4) is 0 Å². The minimum Gasteiger partial charge on any atom is -0.466 e. The lowest BCUT2D eigenvalue weighted by atomic mass is 10.1. The lowest BCUT2D eigenvalue weighted by Gasteiger charge is -2.01. The molecule has 0 amide bonds. The van der Waals surface area contributed by atoms with Gasteiger partial charge in [0.2, 0.25) is 0 Å². The maximum absolute atomic E-state index is 10.5. The van der Waals surface area contributed by atoms with E-state index in [1.807, 2.05) is 6.08 Å². The Labute approximate surface area is 118 Å². The van der Waals surface area contributed by atoms with E-state index in [1.165, 1.54) is 39.0 Å². The van der Waals surface area contributed by atoms with Gasteiger partial charge in [0.25, 0.3) is 0 Å². The highest BCUT2D eigenvalue weighted by atomic mass is 16.5. The highest BCUT2D eigenvalue weighted by Gasteiger charge is 1.93. The summed E-state index contributed by atoms with van der Waals surface area (Å²) in [7, 11) is 0. The van der Waals surface area contributed by atoms with E-state index in [0.717, 1.165) is 25.7 Å². The van der Waals surface area contributed by atoms with Gasteiger partial charge in [0.1, 0.15) is 0 Å². The highest BCUT2D eigenvalue weighted by molar-refractivity contribution is 5.65. The van der Waals surface area contributed by atoms with Crippen LogP contribution < -0.4 is 0 Å². The molecule has 0 radical (unpaired) electrons. The molecule has 0 atom stereocenters. The number of hydrogen-bond donors (Lipinski definition) is 0. The maximum Gasteiger partial charge on any atom is 0.302 e. The predicted octanol–water partition coefficient (Wildman–Crippen LogP) is 4.64. The number of ether oxygens (including phenoxy) is 1. The smallest absolute Gasteiger partial charge is 0.302 e. The van der Waals surface area contributed by atoms with Gasteiger partial charge in [0.05, 0.1) is 6.61 Å². The standard InChI is InChI=1S/C17H28O2/c1-3-4-5-6-7-8-9-10-11-12-13-14-15-16-19-17(2)18/h5-6H,3-4,9-16H2,1-2H3/b6-5-. The molecule has 0 aliphatic carbocycles. The second-order valence-electron chi connectivity index (χ2n) is 4.72. The zero-order valence-corrected chi connectivity index (χ0v) is 12.5. The van der Waals surface area contributed by atoms with Crippen LogP contribution in [0.15, 0.2) is 12.2 Å². The lowest BCUT2D eigenvalue weighted by molar-refractivity contribution is -0.141. The fourth-order valence-corrected chi connectivity index (χ4v) is 1.68. The second kappa shape index (κ2) is 14.8. The average molecular weight is 264 g/mol. The first kappa shape index (κ1) is 17.8. The van der Waals surface area contributed by atoms with E-state index in [9.17, 15) is 4.79 Å². The third kappa shape index (κ3) is 16.8. The average Bonchev–Trinajstić information content (AvgIpc) is 2.39. The molecule has 0 rings (SSSR count). The second-order valence-corrected chi connectivity index (χ2v) is 4.72. The van der Waals surface area contributed by atoms with Crippen LogP contribution in [-0.2, 0) is 9.53 Å². The maximum atomic E-state index is 10.5. The van der Waals surface area contributed by atoms with Crippen LogP contribution >= 0.6 is 0 Å².